The molecule has 0 aliphatic rings. The second-order valence-corrected chi connectivity index (χ2v) is 6.75. The molecule has 0 atom stereocenters. The molecule has 0 radical (unpaired) electrons. The van der Waals surface area contributed by atoms with Crippen molar-refractivity contribution in [3.05, 3.63) is 77.4 Å². The number of H-pyrrole nitrogens is 1. The van der Waals surface area contributed by atoms with Crippen LogP contribution in [0.4, 0.5) is 0 Å². The number of nitrogens with zero attached hydrogens (tertiary/aromatic N) is 4. The van der Waals surface area contributed by atoms with Crippen molar-refractivity contribution in [2.24, 2.45) is 0 Å². The molecule has 0 bridgehead atoms. The molecule has 4 rings (SSSR count). The predicted octanol–water partition coefficient (Wildman–Crippen LogP) is 3.64. The number of fused-ring (bicyclic) bond motifs is 1. The van der Waals surface area contributed by atoms with Gasteiger partial charge in [0.25, 0.3) is 5.91 Å². The van der Waals surface area contributed by atoms with E-state index in [9.17, 15) is 4.79 Å². The lowest BCUT2D eigenvalue weighted by molar-refractivity contribution is 0.0782. The van der Waals surface area contributed by atoms with Crippen LogP contribution in [-0.4, -0.2) is 37.6 Å². The fraction of sp³-hybridized carbons (Fsp3) is 0.190. The van der Waals surface area contributed by atoms with E-state index in [4.69, 9.17) is 0 Å². The smallest absolute Gasteiger partial charge is 0.254 e. The normalized spacial score (nSPS) is 11.1. The number of hydrogen-bond acceptors (Lipinski definition) is 3. The van der Waals surface area contributed by atoms with E-state index >= 15 is 0 Å². The third-order valence-electron chi connectivity index (χ3n) is 4.54. The minimum atomic E-state index is -0.0460. The molecule has 4 aromatic rings. The van der Waals surface area contributed by atoms with E-state index in [1.807, 2.05) is 73.1 Å². The van der Waals surface area contributed by atoms with Crippen molar-refractivity contribution in [3.8, 4) is 5.69 Å². The Morgan fingerprint density at radius 1 is 1.11 bits per heavy atom. The van der Waals surface area contributed by atoms with Gasteiger partial charge in [0.15, 0.2) is 0 Å². The van der Waals surface area contributed by atoms with Gasteiger partial charge >= 0.3 is 0 Å². The first-order chi connectivity index (χ1) is 13.0. The molecule has 6 nitrogen and oxygen atoms in total. The Bertz CT molecular complexity index is 1070. The molecule has 1 amide bonds. The summed E-state index contributed by atoms with van der Waals surface area (Å²) in [6.45, 7) is 4.40. The van der Waals surface area contributed by atoms with Crippen LogP contribution in [0.2, 0.25) is 0 Å². The first-order valence-corrected chi connectivity index (χ1v) is 8.84. The Morgan fingerprint density at radius 2 is 1.85 bits per heavy atom. The van der Waals surface area contributed by atoms with Crippen LogP contribution in [0.15, 0.2) is 54.6 Å². The highest BCUT2D eigenvalue weighted by atomic mass is 16.2. The Labute approximate surface area is 157 Å². The molecule has 6 heteroatoms. The largest absolute Gasteiger partial charge is 0.340 e. The molecule has 0 saturated heterocycles. The minimum Gasteiger partial charge on any atom is -0.340 e. The summed E-state index contributed by atoms with van der Waals surface area (Å²) in [5.41, 5.74) is 5.49. The summed E-state index contributed by atoms with van der Waals surface area (Å²) in [6.07, 6.45) is 0. The van der Waals surface area contributed by atoms with Crippen molar-refractivity contribution in [2.75, 3.05) is 7.05 Å². The van der Waals surface area contributed by atoms with Crippen LogP contribution in [-0.2, 0) is 6.54 Å². The summed E-state index contributed by atoms with van der Waals surface area (Å²) in [6, 6.07) is 17.4. The van der Waals surface area contributed by atoms with Crippen molar-refractivity contribution in [3.63, 3.8) is 0 Å². The monoisotopic (exact) mass is 359 g/mol. The van der Waals surface area contributed by atoms with E-state index in [0.717, 1.165) is 33.9 Å². The highest BCUT2D eigenvalue weighted by Crippen LogP contribution is 2.16. The lowest BCUT2D eigenvalue weighted by Gasteiger charge is -2.16. The topological polar surface area (TPSA) is 66.8 Å². The second-order valence-electron chi connectivity index (χ2n) is 6.75. The maximum absolute atomic E-state index is 12.7. The van der Waals surface area contributed by atoms with Crippen molar-refractivity contribution >= 4 is 16.9 Å². The van der Waals surface area contributed by atoms with Crippen LogP contribution in [0.5, 0.6) is 0 Å². The molecule has 0 aliphatic heterocycles. The molecule has 2 heterocycles. The average Bonchev–Trinajstić information content (AvgIpc) is 3.22. The maximum Gasteiger partial charge on any atom is 0.254 e. The van der Waals surface area contributed by atoms with E-state index in [1.165, 1.54) is 0 Å². The summed E-state index contributed by atoms with van der Waals surface area (Å²) >= 11 is 0. The van der Waals surface area contributed by atoms with Gasteiger partial charge in [-0.05, 0) is 56.3 Å². The van der Waals surface area contributed by atoms with Gasteiger partial charge in [0.1, 0.15) is 5.82 Å². The number of hydrogen-bond donors (Lipinski definition) is 1. The number of carbonyl (C=O) groups is 1. The standard InChI is InChI=1S/C21H21N5O/c1-14-12-15(2)26(24-14)17-10-8-16(9-11-17)21(27)25(3)13-20-22-18-6-4-5-7-19(18)23-20/h4-12H,13H2,1-3H3,(H,22,23). The summed E-state index contributed by atoms with van der Waals surface area (Å²) in [7, 11) is 1.78. The van der Waals surface area contributed by atoms with Gasteiger partial charge in [-0.3, -0.25) is 4.79 Å². The summed E-state index contributed by atoms with van der Waals surface area (Å²) in [4.78, 5) is 22.2. The number of aromatic nitrogens is 4. The second kappa shape index (κ2) is 6.72. The first-order valence-electron chi connectivity index (χ1n) is 8.84. The quantitative estimate of drug-likeness (QED) is 0.605. The fourth-order valence-corrected chi connectivity index (χ4v) is 3.23. The van der Waals surface area contributed by atoms with Gasteiger partial charge in [0.2, 0.25) is 0 Å². The van der Waals surface area contributed by atoms with Crippen LogP contribution in [0.3, 0.4) is 0 Å². The van der Waals surface area contributed by atoms with Crippen molar-refractivity contribution < 1.29 is 4.79 Å². The molecule has 2 aromatic heterocycles. The summed E-state index contributed by atoms with van der Waals surface area (Å²) in [5.74, 6) is 0.724. The van der Waals surface area contributed by atoms with Crippen molar-refractivity contribution in [1.29, 1.82) is 0 Å². The minimum absolute atomic E-state index is 0.0460. The molecule has 0 fully saturated rings. The van der Waals surface area contributed by atoms with Crippen LogP contribution < -0.4 is 0 Å². The number of benzene rings is 2. The highest BCUT2D eigenvalue weighted by Gasteiger charge is 2.14. The van der Waals surface area contributed by atoms with Crippen LogP contribution in [0.1, 0.15) is 27.6 Å². The number of para-hydroxylation sites is 2. The lowest BCUT2D eigenvalue weighted by Crippen LogP contribution is -2.26. The predicted molar refractivity (Wildman–Crippen MR) is 105 cm³/mol. The van der Waals surface area contributed by atoms with Crippen LogP contribution >= 0.6 is 0 Å². The summed E-state index contributed by atoms with van der Waals surface area (Å²) in [5, 5.41) is 4.48. The molecule has 0 aliphatic carbocycles. The molecule has 1 N–H and O–H groups in total. The molecule has 0 saturated carbocycles. The van der Waals surface area contributed by atoms with E-state index in [0.29, 0.717) is 12.1 Å². The molecule has 0 spiro atoms. The van der Waals surface area contributed by atoms with Crippen LogP contribution in [0.25, 0.3) is 16.7 Å². The lowest BCUT2D eigenvalue weighted by atomic mass is 10.2. The number of rotatable bonds is 4. The summed E-state index contributed by atoms with van der Waals surface area (Å²) < 4.78 is 1.88. The first kappa shape index (κ1) is 17.0. The number of imidazole rings is 1. The molecule has 2 aromatic carbocycles. The van der Waals surface area contributed by atoms with Crippen molar-refractivity contribution in [1.82, 2.24) is 24.6 Å². The van der Waals surface area contributed by atoms with E-state index in [1.54, 1.807) is 11.9 Å². The highest BCUT2D eigenvalue weighted by molar-refractivity contribution is 5.94. The number of aryl methyl sites for hydroxylation is 2. The maximum atomic E-state index is 12.7. The van der Waals surface area contributed by atoms with Gasteiger partial charge in [-0.15, -0.1) is 0 Å². The fourth-order valence-electron chi connectivity index (χ4n) is 3.23. The Hall–Kier alpha value is -3.41. The molecular formula is C21H21N5O. The Balaban J connectivity index is 1.50. The van der Waals surface area contributed by atoms with Crippen LogP contribution in [0, 0.1) is 13.8 Å². The van der Waals surface area contributed by atoms with E-state index < -0.39 is 0 Å². The van der Waals surface area contributed by atoms with E-state index in [-0.39, 0.29) is 5.91 Å². The molecule has 0 unspecified atom stereocenters. The third-order valence-corrected chi connectivity index (χ3v) is 4.54. The Kier molecular flexibility index (Phi) is 4.24. The van der Waals surface area contributed by atoms with Gasteiger partial charge in [-0.2, -0.15) is 5.10 Å². The third kappa shape index (κ3) is 3.33. The average molecular weight is 359 g/mol. The van der Waals surface area contributed by atoms with Gasteiger partial charge in [0, 0.05) is 18.3 Å². The number of amides is 1. The Morgan fingerprint density at radius 3 is 2.52 bits per heavy atom. The zero-order valence-corrected chi connectivity index (χ0v) is 15.6. The van der Waals surface area contributed by atoms with Gasteiger partial charge in [-0.1, -0.05) is 12.1 Å². The van der Waals surface area contributed by atoms with Gasteiger partial charge in [-0.25, -0.2) is 9.67 Å². The van der Waals surface area contributed by atoms with E-state index in [2.05, 4.69) is 15.1 Å². The number of aromatic amines is 1. The zero-order chi connectivity index (χ0) is 19.0. The van der Waals surface area contributed by atoms with Gasteiger partial charge in [0.05, 0.1) is 29.0 Å². The SMILES string of the molecule is Cc1cc(C)n(-c2ccc(C(=O)N(C)Cc3nc4ccccc4[nH]3)cc2)n1. The molecule has 27 heavy (non-hydrogen) atoms. The van der Waals surface area contributed by atoms with Gasteiger partial charge < -0.3 is 9.88 Å². The number of carbonyl (C=O) groups excluding carboxylic acids is 1. The molecule has 136 valence electrons. The zero-order valence-electron chi connectivity index (χ0n) is 15.6. The number of nitrogens with one attached hydrogen (secondary N) is 1. The molecular weight excluding hydrogens is 338 g/mol. The van der Waals surface area contributed by atoms with Crippen molar-refractivity contribution in [2.45, 2.75) is 20.4 Å².